The van der Waals surface area contributed by atoms with Crippen LogP contribution in [-0.2, 0) is 13.1 Å². The predicted octanol–water partition coefficient (Wildman–Crippen LogP) is 5.49. The van der Waals surface area contributed by atoms with E-state index in [1.165, 1.54) is 38.5 Å². The highest BCUT2D eigenvalue weighted by Crippen LogP contribution is 2.29. The number of aromatic nitrogens is 2. The SMILES string of the molecule is Cc1ccc(C[n+]2ccc(Cn3c4ccccc4c4ccccc43)cc2)cc1. The van der Waals surface area contributed by atoms with Gasteiger partial charge >= 0.3 is 0 Å². The highest BCUT2D eigenvalue weighted by Gasteiger charge is 2.11. The Morgan fingerprint density at radius 3 is 1.82 bits per heavy atom. The van der Waals surface area contributed by atoms with Gasteiger partial charge in [0.15, 0.2) is 18.9 Å². The van der Waals surface area contributed by atoms with Crippen LogP contribution < -0.4 is 4.57 Å². The maximum Gasteiger partial charge on any atom is 0.173 e. The smallest absolute Gasteiger partial charge is 0.173 e. The molecule has 28 heavy (non-hydrogen) atoms. The van der Waals surface area contributed by atoms with Gasteiger partial charge in [0.2, 0.25) is 0 Å². The fourth-order valence-corrected chi connectivity index (χ4v) is 3.96. The summed E-state index contributed by atoms with van der Waals surface area (Å²) in [6.07, 6.45) is 4.37. The van der Waals surface area contributed by atoms with Crippen LogP contribution in [0.25, 0.3) is 21.8 Å². The number of hydrogen-bond acceptors (Lipinski definition) is 0. The van der Waals surface area contributed by atoms with Gasteiger partial charge < -0.3 is 4.57 Å². The van der Waals surface area contributed by atoms with E-state index in [2.05, 4.69) is 113 Å². The number of para-hydroxylation sites is 2. The van der Waals surface area contributed by atoms with Crippen molar-refractivity contribution in [1.29, 1.82) is 0 Å². The molecule has 0 saturated carbocycles. The summed E-state index contributed by atoms with van der Waals surface area (Å²) in [5.74, 6) is 0. The van der Waals surface area contributed by atoms with Crippen LogP contribution in [0.4, 0.5) is 0 Å². The number of nitrogens with zero attached hydrogens (tertiary/aromatic N) is 2. The normalized spacial score (nSPS) is 11.3. The van der Waals surface area contributed by atoms with Crippen LogP contribution in [0.5, 0.6) is 0 Å². The highest BCUT2D eigenvalue weighted by molar-refractivity contribution is 6.08. The van der Waals surface area contributed by atoms with E-state index in [0.29, 0.717) is 0 Å². The number of aryl methyl sites for hydroxylation is 1. The fraction of sp³-hybridized carbons (Fsp3) is 0.115. The summed E-state index contributed by atoms with van der Waals surface area (Å²) in [6, 6.07) is 30.6. The van der Waals surface area contributed by atoms with Gasteiger partial charge in [-0.15, -0.1) is 0 Å². The average molecular weight is 363 g/mol. The minimum atomic E-state index is 0.874. The molecule has 2 nitrogen and oxygen atoms in total. The first-order valence-corrected chi connectivity index (χ1v) is 9.77. The summed E-state index contributed by atoms with van der Waals surface area (Å²) in [7, 11) is 0. The molecule has 5 aromatic rings. The quantitative estimate of drug-likeness (QED) is 0.374. The number of fused-ring (bicyclic) bond motifs is 3. The van der Waals surface area contributed by atoms with Crippen LogP contribution in [0, 0.1) is 6.92 Å². The molecule has 136 valence electrons. The van der Waals surface area contributed by atoms with Crippen LogP contribution in [-0.4, -0.2) is 4.57 Å². The molecule has 0 amide bonds. The van der Waals surface area contributed by atoms with Crippen molar-refractivity contribution in [3.8, 4) is 0 Å². The Morgan fingerprint density at radius 2 is 1.21 bits per heavy atom. The fourth-order valence-electron chi connectivity index (χ4n) is 3.96. The lowest BCUT2D eigenvalue weighted by molar-refractivity contribution is -0.688. The summed E-state index contributed by atoms with van der Waals surface area (Å²) in [6.45, 7) is 3.90. The molecule has 0 radical (unpaired) electrons. The maximum absolute atomic E-state index is 2.42. The lowest BCUT2D eigenvalue weighted by Gasteiger charge is -2.07. The third-order valence-electron chi connectivity index (χ3n) is 5.47. The summed E-state index contributed by atoms with van der Waals surface area (Å²) in [5, 5.41) is 2.65. The molecule has 2 heterocycles. The zero-order chi connectivity index (χ0) is 18.9. The van der Waals surface area contributed by atoms with E-state index in [9.17, 15) is 0 Å². The monoisotopic (exact) mass is 363 g/mol. The minimum Gasteiger partial charge on any atom is -0.336 e. The van der Waals surface area contributed by atoms with E-state index in [4.69, 9.17) is 0 Å². The Labute approximate surface area is 165 Å². The molecule has 2 aromatic heterocycles. The molecule has 0 atom stereocenters. The van der Waals surface area contributed by atoms with E-state index in [-0.39, 0.29) is 0 Å². The van der Waals surface area contributed by atoms with E-state index >= 15 is 0 Å². The van der Waals surface area contributed by atoms with E-state index in [0.717, 1.165) is 13.1 Å². The number of hydrogen-bond donors (Lipinski definition) is 0. The van der Waals surface area contributed by atoms with Crippen molar-refractivity contribution in [2.45, 2.75) is 20.0 Å². The third kappa shape index (κ3) is 3.07. The van der Waals surface area contributed by atoms with Gasteiger partial charge in [-0.25, -0.2) is 4.57 Å². The van der Waals surface area contributed by atoms with Crippen molar-refractivity contribution < 1.29 is 4.57 Å². The topological polar surface area (TPSA) is 8.81 Å². The molecular weight excluding hydrogens is 340 g/mol. The third-order valence-corrected chi connectivity index (χ3v) is 5.47. The molecule has 0 aliphatic heterocycles. The molecule has 0 saturated heterocycles. The summed E-state index contributed by atoms with van der Waals surface area (Å²) in [5.41, 5.74) is 6.52. The molecular formula is C26H23N2+. The van der Waals surface area contributed by atoms with Crippen molar-refractivity contribution in [1.82, 2.24) is 4.57 Å². The zero-order valence-electron chi connectivity index (χ0n) is 16.0. The molecule has 0 unspecified atom stereocenters. The van der Waals surface area contributed by atoms with Gasteiger partial charge in [-0.1, -0.05) is 66.2 Å². The first-order chi connectivity index (χ1) is 13.8. The zero-order valence-corrected chi connectivity index (χ0v) is 16.0. The van der Waals surface area contributed by atoms with Crippen LogP contribution >= 0.6 is 0 Å². The average Bonchev–Trinajstić information content (AvgIpc) is 3.05. The first kappa shape index (κ1) is 16.8. The minimum absolute atomic E-state index is 0.874. The van der Waals surface area contributed by atoms with Crippen molar-refractivity contribution in [2.75, 3.05) is 0 Å². The Bertz CT molecular complexity index is 1190. The van der Waals surface area contributed by atoms with Crippen molar-refractivity contribution in [3.05, 3.63) is 114 Å². The molecule has 5 rings (SSSR count). The van der Waals surface area contributed by atoms with E-state index in [1.807, 2.05) is 0 Å². The Hall–Kier alpha value is -3.39. The number of rotatable bonds is 4. The standard InChI is InChI=1S/C26H23N2/c1-20-10-12-21(13-11-20)18-27-16-14-22(15-17-27)19-28-25-8-4-2-6-23(25)24-7-3-5-9-26(24)28/h2-17H,18-19H2,1H3/q+1. The van der Waals surface area contributed by atoms with Crippen LogP contribution in [0.2, 0.25) is 0 Å². The van der Waals surface area contributed by atoms with Crippen LogP contribution in [0.15, 0.2) is 97.3 Å². The number of pyridine rings is 1. The molecule has 0 bridgehead atoms. The summed E-state index contributed by atoms with van der Waals surface area (Å²) >= 11 is 0. The van der Waals surface area contributed by atoms with E-state index in [1.54, 1.807) is 0 Å². The number of benzene rings is 3. The lowest BCUT2D eigenvalue weighted by atomic mass is 10.1. The largest absolute Gasteiger partial charge is 0.336 e. The van der Waals surface area contributed by atoms with Crippen molar-refractivity contribution in [2.24, 2.45) is 0 Å². The molecule has 0 aliphatic rings. The van der Waals surface area contributed by atoms with Gasteiger partial charge in [-0.3, -0.25) is 0 Å². The van der Waals surface area contributed by atoms with Gasteiger partial charge in [0.05, 0.1) is 0 Å². The predicted molar refractivity (Wildman–Crippen MR) is 115 cm³/mol. The van der Waals surface area contributed by atoms with Gasteiger partial charge in [0, 0.05) is 46.0 Å². The van der Waals surface area contributed by atoms with Gasteiger partial charge in [-0.05, 0) is 24.6 Å². The molecule has 0 aliphatic carbocycles. The van der Waals surface area contributed by atoms with Crippen molar-refractivity contribution >= 4 is 21.8 Å². The van der Waals surface area contributed by atoms with Crippen molar-refractivity contribution in [3.63, 3.8) is 0 Å². The van der Waals surface area contributed by atoms with Crippen LogP contribution in [0.1, 0.15) is 16.7 Å². The Balaban J connectivity index is 1.45. The van der Waals surface area contributed by atoms with E-state index < -0.39 is 0 Å². The second-order valence-electron chi connectivity index (χ2n) is 7.48. The second kappa shape index (κ2) is 6.97. The first-order valence-electron chi connectivity index (χ1n) is 9.77. The van der Waals surface area contributed by atoms with Crippen LogP contribution in [0.3, 0.4) is 0 Å². The summed E-state index contributed by atoms with van der Waals surface area (Å²) in [4.78, 5) is 0. The molecule has 3 aromatic carbocycles. The Morgan fingerprint density at radius 1 is 0.643 bits per heavy atom. The molecule has 2 heteroatoms. The molecule has 0 fully saturated rings. The highest BCUT2D eigenvalue weighted by atomic mass is 15.0. The van der Waals surface area contributed by atoms with Gasteiger partial charge in [-0.2, -0.15) is 0 Å². The van der Waals surface area contributed by atoms with Gasteiger partial charge in [0.25, 0.3) is 0 Å². The van der Waals surface area contributed by atoms with Gasteiger partial charge in [0.1, 0.15) is 0 Å². The molecule has 0 N–H and O–H groups in total. The Kier molecular flexibility index (Phi) is 4.17. The lowest BCUT2D eigenvalue weighted by Crippen LogP contribution is -2.33. The second-order valence-corrected chi connectivity index (χ2v) is 7.48. The summed E-state index contributed by atoms with van der Waals surface area (Å²) < 4.78 is 4.66. The molecule has 0 spiro atoms. The maximum atomic E-state index is 2.42.